The van der Waals surface area contributed by atoms with Crippen LogP contribution in [0.15, 0.2) is 53.0 Å². The Morgan fingerprint density at radius 1 is 1.23 bits per heavy atom. The molecule has 110 valence electrons. The lowest BCUT2D eigenvalue weighted by Gasteiger charge is -1.99. The normalized spacial score (nSPS) is 11.3. The number of aromatic amines is 1. The van der Waals surface area contributed by atoms with E-state index >= 15 is 0 Å². The van der Waals surface area contributed by atoms with Crippen LogP contribution in [0, 0.1) is 0 Å². The summed E-state index contributed by atoms with van der Waals surface area (Å²) in [5, 5.41) is 8.61. The molecule has 22 heavy (non-hydrogen) atoms. The van der Waals surface area contributed by atoms with Gasteiger partial charge in [0, 0.05) is 17.0 Å². The van der Waals surface area contributed by atoms with E-state index in [1.807, 2.05) is 42.5 Å². The molecular weight excluding hydrogens is 344 g/mol. The largest absolute Gasteiger partial charge is 0.478 e. The van der Waals surface area contributed by atoms with E-state index in [-0.39, 0.29) is 0 Å². The first-order valence-corrected chi connectivity index (χ1v) is 7.54. The zero-order valence-corrected chi connectivity index (χ0v) is 13.2. The topological polar surface area (TPSA) is 66.0 Å². The Morgan fingerprint density at radius 3 is 2.68 bits per heavy atom. The van der Waals surface area contributed by atoms with Crippen molar-refractivity contribution in [2.75, 3.05) is 0 Å². The van der Waals surface area contributed by atoms with Crippen LogP contribution in [-0.4, -0.2) is 21.0 Å². The van der Waals surface area contributed by atoms with Crippen molar-refractivity contribution >= 4 is 39.0 Å². The number of hydrogen-bond donors (Lipinski definition) is 2. The van der Waals surface area contributed by atoms with Crippen molar-refractivity contribution < 1.29 is 9.90 Å². The Balaban J connectivity index is 1.80. The van der Waals surface area contributed by atoms with Gasteiger partial charge in [-0.25, -0.2) is 9.78 Å². The van der Waals surface area contributed by atoms with Crippen LogP contribution in [0.3, 0.4) is 0 Å². The average Bonchev–Trinajstić information content (AvgIpc) is 2.90. The Bertz CT molecular complexity index is 851. The molecule has 0 saturated heterocycles. The zero-order valence-electron chi connectivity index (χ0n) is 11.6. The van der Waals surface area contributed by atoms with Crippen molar-refractivity contribution in [2.45, 2.75) is 6.42 Å². The molecule has 0 aliphatic heterocycles. The molecule has 0 fully saturated rings. The first kappa shape index (κ1) is 14.5. The number of benzene rings is 2. The molecule has 2 aromatic carbocycles. The second kappa shape index (κ2) is 6.15. The molecule has 1 aromatic heterocycles. The zero-order chi connectivity index (χ0) is 15.5. The monoisotopic (exact) mass is 356 g/mol. The molecule has 4 nitrogen and oxygen atoms in total. The summed E-state index contributed by atoms with van der Waals surface area (Å²) in [5.74, 6) is -0.0485. The number of imidazole rings is 1. The van der Waals surface area contributed by atoms with Crippen molar-refractivity contribution in [3.05, 3.63) is 70.0 Å². The lowest BCUT2D eigenvalue weighted by atomic mass is 10.1. The smallest absolute Gasteiger partial charge is 0.328 e. The van der Waals surface area contributed by atoms with Gasteiger partial charge >= 0.3 is 5.97 Å². The second-order valence-corrected chi connectivity index (χ2v) is 5.76. The lowest BCUT2D eigenvalue weighted by molar-refractivity contribution is -0.131. The standard InChI is InChI=1S/C17H13BrN2O2/c18-13-2-1-3-14-17(13)20-15(19-14)10-12-6-4-11(5-7-12)8-9-16(21)22/h1-9H,10H2,(H,19,20)(H,21,22)/b9-8+. The molecule has 0 saturated carbocycles. The molecule has 0 radical (unpaired) electrons. The Hall–Kier alpha value is -2.40. The number of aliphatic carboxylic acids is 1. The number of H-pyrrole nitrogens is 1. The number of nitrogens with zero attached hydrogens (tertiary/aromatic N) is 1. The number of hydrogen-bond acceptors (Lipinski definition) is 2. The number of carboxylic acid groups (broad SMARTS) is 1. The Labute approximate surface area is 135 Å². The molecule has 2 N–H and O–H groups in total. The third-order valence-corrected chi connectivity index (χ3v) is 3.92. The molecule has 0 bridgehead atoms. The number of halogens is 1. The number of carboxylic acids is 1. The van der Waals surface area contributed by atoms with Gasteiger partial charge in [-0.2, -0.15) is 0 Å². The second-order valence-electron chi connectivity index (χ2n) is 4.91. The van der Waals surface area contributed by atoms with E-state index < -0.39 is 5.97 Å². The van der Waals surface area contributed by atoms with Gasteiger partial charge in [0.05, 0.1) is 5.52 Å². The van der Waals surface area contributed by atoms with Crippen molar-refractivity contribution in [1.29, 1.82) is 0 Å². The van der Waals surface area contributed by atoms with Crippen molar-refractivity contribution in [2.24, 2.45) is 0 Å². The summed E-state index contributed by atoms with van der Waals surface area (Å²) in [4.78, 5) is 18.4. The van der Waals surface area contributed by atoms with Gasteiger partial charge in [-0.05, 0) is 45.3 Å². The van der Waals surface area contributed by atoms with Crippen LogP contribution >= 0.6 is 15.9 Å². The summed E-state index contributed by atoms with van der Waals surface area (Å²) in [5.41, 5.74) is 3.91. The molecule has 5 heteroatoms. The number of para-hydroxylation sites is 1. The molecule has 3 aromatic rings. The summed E-state index contributed by atoms with van der Waals surface area (Å²) >= 11 is 3.50. The van der Waals surface area contributed by atoms with E-state index in [0.717, 1.165) is 38.5 Å². The maximum Gasteiger partial charge on any atom is 0.328 e. The van der Waals surface area contributed by atoms with E-state index in [1.165, 1.54) is 0 Å². The SMILES string of the molecule is O=C(O)/C=C/c1ccc(Cc2nc3c(Br)cccc3[nH]2)cc1. The van der Waals surface area contributed by atoms with Gasteiger partial charge in [-0.1, -0.05) is 30.3 Å². The first-order chi connectivity index (χ1) is 10.6. The van der Waals surface area contributed by atoms with Crippen LogP contribution < -0.4 is 0 Å². The molecule has 0 amide bonds. The van der Waals surface area contributed by atoms with Gasteiger partial charge in [0.15, 0.2) is 0 Å². The van der Waals surface area contributed by atoms with E-state index in [0.29, 0.717) is 6.42 Å². The highest BCUT2D eigenvalue weighted by molar-refractivity contribution is 9.10. The van der Waals surface area contributed by atoms with Crippen molar-refractivity contribution in [3.63, 3.8) is 0 Å². The van der Waals surface area contributed by atoms with Crippen molar-refractivity contribution in [3.8, 4) is 0 Å². The van der Waals surface area contributed by atoms with Crippen LogP contribution in [0.1, 0.15) is 17.0 Å². The van der Waals surface area contributed by atoms with Gasteiger partial charge in [0.1, 0.15) is 11.3 Å². The molecule has 0 unspecified atom stereocenters. The number of carbonyl (C=O) groups is 1. The highest BCUT2D eigenvalue weighted by Crippen LogP contribution is 2.22. The molecule has 0 spiro atoms. The quantitative estimate of drug-likeness (QED) is 0.694. The summed E-state index contributed by atoms with van der Waals surface area (Å²) in [6.07, 6.45) is 3.40. The van der Waals surface area contributed by atoms with Crippen LogP contribution in [0.5, 0.6) is 0 Å². The molecular formula is C17H13BrN2O2. The number of aromatic nitrogens is 2. The molecule has 0 aliphatic carbocycles. The third kappa shape index (κ3) is 3.26. The fourth-order valence-corrected chi connectivity index (χ4v) is 2.69. The highest BCUT2D eigenvalue weighted by Gasteiger charge is 2.06. The minimum atomic E-state index is -0.947. The summed E-state index contributed by atoms with van der Waals surface area (Å²) in [6, 6.07) is 13.7. The van der Waals surface area contributed by atoms with Gasteiger partial charge in [-0.15, -0.1) is 0 Å². The molecule has 0 aliphatic rings. The first-order valence-electron chi connectivity index (χ1n) is 6.75. The maximum absolute atomic E-state index is 10.5. The molecule has 1 heterocycles. The minimum absolute atomic E-state index is 0.698. The fraction of sp³-hybridized carbons (Fsp3) is 0.0588. The summed E-state index contributed by atoms with van der Waals surface area (Å²) < 4.78 is 0.974. The van der Waals surface area contributed by atoms with Gasteiger partial charge in [0.2, 0.25) is 0 Å². The Kier molecular flexibility index (Phi) is 4.06. The van der Waals surface area contributed by atoms with Crippen LogP contribution in [0.4, 0.5) is 0 Å². The van der Waals surface area contributed by atoms with Crippen LogP contribution in [-0.2, 0) is 11.2 Å². The van der Waals surface area contributed by atoms with Gasteiger partial charge < -0.3 is 10.1 Å². The number of fused-ring (bicyclic) bond motifs is 1. The predicted octanol–water partition coefficient (Wildman–Crippen LogP) is 4.01. The van der Waals surface area contributed by atoms with Crippen LogP contribution in [0.2, 0.25) is 0 Å². The van der Waals surface area contributed by atoms with E-state index in [1.54, 1.807) is 6.08 Å². The fourth-order valence-electron chi connectivity index (χ4n) is 2.24. The van der Waals surface area contributed by atoms with E-state index in [2.05, 4.69) is 25.9 Å². The summed E-state index contributed by atoms with van der Waals surface area (Å²) in [7, 11) is 0. The minimum Gasteiger partial charge on any atom is -0.478 e. The maximum atomic E-state index is 10.5. The third-order valence-electron chi connectivity index (χ3n) is 3.28. The molecule has 0 atom stereocenters. The van der Waals surface area contributed by atoms with Gasteiger partial charge in [-0.3, -0.25) is 0 Å². The number of nitrogens with one attached hydrogen (secondary N) is 1. The van der Waals surface area contributed by atoms with Crippen LogP contribution in [0.25, 0.3) is 17.1 Å². The van der Waals surface area contributed by atoms with E-state index in [4.69, 9.17) is 5.11 Å². The molecule has 3 rings (SSSR count). The highest BCUT2D eigenvalue weighted by atomic mass is 79.9. The number of rotatable bonds is 4. The van der Waals surface area contributed by atoms with Crippen molar-refractivity contribution in [1.82, 2.24) is 9.97 Å². The van der Waals surface area contributed by atoms with E-state index in [9.17, 15) is 4.79 Å². The average molecular weight is 357 g/mol. The predicted molar refractivity (Wildman–Crippen MR) is 89.7 cm³/mol. The summed E-state index contributed by atoms with van der Waals surface area (Å²) in [6.45, 7) is 0. The van der Waals surface area contributed by atoms with Gasteiger partial charge in [0.25, 0.3) is 0 Å². The lowest BCUT2D eigenvalue weighted by Crippen LogP contribution is -1.91. The Morgan fingerprint density at radius 2 is 2.00 bits per heavy atom.